The fourth-order valence-corrected chi connectivity index (χ4v) is 3.16. The van der Waals surface area contributed by atoms with Crippen molar-refractivity contribution in [3.63, 3.8) is 0 Å². The third-order valence-electron chi connectivity index (χ3n) is 2.68. The second-order valence-corrected chi connectivity index (χ2v) is 6.36. The molecule has 100 valence electrons. The second-order valence-electron chi connectivity index (χ2n) is 4.24. The summed E-state index contributed by atoms with van der Waals surface area (Å²) < 4.78 is 1.32. The van der Waals surface area contributed by atoms with Gasteiger partial charge in [-0.1, -0.05) is 17.7 Å². The van der Waals surface area contributed by atoms with Crippen LogP contribution in [0.15, 0.2) is 39.3 Å². The molecule has 0 aliphatic carbocycles. The molecule has 0 atom stereocenters. The van der Waals surface area contributed by atoms with Crippen LogP contribution >= 0.6 is 43.5 Å². The highest BCUT2D eigenvalue weighted by atomic mass is 79.9. The predicted octanol–water partition coefficient (Wildman–Crippen LogP) is 5.49. The summed E-state index contributed by atoms with van der Waals surface area (Å²) in [6, 6.07) is 9.60. The molecule has 19 heavy (non-hydrogen) atoms. The molecule has 0 amide bonds. The number of halogens is 3. The van der Waals surface area contributed by atoms with Crippen LogP contribution in [0.5, 0.6) is 5.75 Å². The molecule has 0 aromatic heterocycles. The Kier molecular flexibility index (Phi) is 4.76. The van der Waals surface area contributed by atoms with Crippen molar-refractivity contribution in [3.05, 3.63) is 55.4 Å². The van der Waals surface area contributed by atoms with Crippen LogP contribution in [0.4, 0.5) is 5.69 Å². The van der Waals surface area contributed by atoms with E-state index in [1.165, 1.54) is 0 Å². The number of aryl methyl sites for hydroxylation is 1. The van der Waals surface area contributed by atoms with Crippen molar-refractivity contribution < 1.29 is 5.11 Å². The van der Waals surface area contributed by atoms with Crippen LogP contribution in [-0.4, -0.2) is 5.11 Å². The quantitative estimate of drug-likeness (QED) is 0.708. The Morgan fingerprint density at radius 3 is 2.42 bits per heavy atom. The van der Waals surface area contributed by atoms with Crippen molar-refractivity contribution in [3.8, 4) is 5.75 Å². The summed E-state index contributed by atoms with van der Waals surface area (Å²) in [5, 5.41) is 13.6. The summed E-state index contributed by atoms with van der Waals surface area (Å²) >= 11 is 12.8. The Morgan fingerprint density at radius 1 is 1.16 bits per heavy atom. The summed E-state index contributed by atoms with van der Waals surface area (Å²) in [5.41, 5.74) is 3.09. The van der Waals surface area contributed by atoms with Crippen molar-refractivity contribution in [1.82, 2.24) is 0 Å². The van der Waals surface area contributed by atoms with E-state index in [1.54, 1.807) is 0 Å². The van der Waals surface area contributed by atoms with E-state index in [2.05, 4.69) is 37.2 Å². The minimum absolute atomic E-state index is 0.206. The monoisotopic (exact) mass is 403 g/mol. The van der Waals surface area contributed by atoms with Gasteiger partial charge in [-0.05, 0) is 74.2 Å². The third-order valence-corrected chi connectivity index (χ3v) is 4.22. The fourth-order valence-electron chi connectivity index (χ4n) is 1.69. The van der Waals surface area contributed by atoms with Crippen molar-refractivity contribution in [2.24, 2.45) is 0 Å². The summed E-state index contributed by atoms with van der Waals surface area (Å²) in [4.78, 5) is 0. The van der Waals surface area contributed by atoms with Gasteiger partial charge in [-0.3, -0.25) is 0 Å². The molecule has 2 aromatic carbocycles. The zero-order valence-corrected chi connectivity index (χ0v) is 14.1. The Bertz CT molecular complexity index is 593. The Hall–Kier alpha value is -0.710. The van der Waals surface area contributed by atoms with Crippen LogP contribution in [0.2, 0.25) is 5.02 Å². The lowest BCUT2D eigenvalue weighted by atomic mass is 10.2. The molecule has 0 unspecified atom stereocenters. The first-order chi connectivity index (χ1) is 8.97. The zero-order valence-electron chi connectivity index (χ0n) is 10.2. The number of phenolic OH excluding ortho intramolecular Hbond substituents is 1. The number of benzene rings is 2. The number of hydrogen-bond donors (Lipinski definition) is 2. The number of phenols is 1. The smallest absolute Gasteiger partial charge is 0.143 e. The molecule has 0 spiro atoms. The minimum atomic E-state index is 0.206. The van der Waals surface area contributed by atoms with Gasteiger partial charge in [0.2, 0.25) is 0 Å². The van der Waals surface area contributed by atoms with Crippen molar-refractivity contribution in [2.75, 3.05) is 5.32 Å². The predicted molar refractivity (Wildman–Crippen MR) is 87.0 cm³/mol. The van der Waals surface area contributed by atoms with Crippen molar-refractivity contribution in [2.45, 2.75) is 13.5 Å². The number of rotatable bonds is 3. The molecule has 2 nitrogen and oxygen atoms in total. The molecule has 2 rings (SSSR count). The highest BCUT2D eigenvalue weighted by Crippen LogP contribution is 2.33. The van der Waals surface area contributed by atoms with Gasteiger partial charge in [-0.2, -0.15) is 0 Å². The molecule has 0 saturated carbocycles. The first-order valence-corrected chi connectivity index (χ1v) is 7.60. The number of hydrogen-bond acceptors (Lipinski definition) is 2. The molecule has 2 N–H and O–H groups in total. The van der Waals surface area contributed by atoms with Gasteiger partial charge in [0, 0.05) is 6.54 Å². The molecule has 2 aromatic rings. The zero-order chi connectivity index (χ0) is 14.0. The number of aromatic hydroxyl groups is 1. The molecule has 5 heteroatoms. The standard InChI is InChI=1S/C14H12Br2ClNO/c1-8-2-3-12(17)13(4-8)18-7-9-5-10(15)14(19)11(16)6-9/h2-6,18-19H,7H2,1H3. The highest BCUT2D eigenvalue weighted by Gasteiger charge is 2.06. The van der Waals surface area contributed by atoms with Crippen molar-refractivity contribution in [1.29, 1.82) is 0 Å². The van der Waals surface area contributed by atoms with E-state index < -0.39 is 0 Å². The summed E-state index contributed by atoms with van der Waals surface area (Å²) in [6.07, 6.45) is 0. The van der Waals surface area contributed by atoms with E-state index in [4.69, 9.17) is 11.6 Å². The van der Waals surface area contributed by atoms with Crippen LogP contribution in [-0.2, 0) is 6.54 Å². The molecule has 0 aliphatic rings. The van der Waals surface area contributed by atoms with Crippen molar-refractivity contribution >= 4 is 49.1 Å². The van der Waals surface area contributed by atoms with Gasteiger partial charge in [0.05, 0.1) is 19.7 Å². The van der Waals surface area contributed by atoms with E-state index in [0.717, 1.165) is 16.8 Å². The molecule has 0 aliphatic heterocycles. The van der Waals surface area contributed by atoms with E-state index in [-0.39, 0.29) is 5.75 Å². The van der Waals surface area contributed by atoms with E-state index in [0.29, 0.717) is 20.5 Å². The van der Waals surface area contributed by atoms with Gasteiger partial charge in [0.15, 0.2) is 0 Å². The lowest BCUT2D eigenvalue weighted by molar-refractivity contribution is 0.468. The number of anilines is 1. The average molecular weight is 406 g/mol. The van der Waals surface area contributed by atoms with Crippen LogP contribution in [0.1, 0.15) is 11.1 Å². The largest absolute Gasteiger partial charge is 0.506 e. The molecule has 0 heterocycles. The molecule has 0 fully saturated rings. The SMILES string of the molecule is Cc1ccc(Cl)c(NCc2cc(Br)c(O)c(Br)c2)c1. The van der Waals surface area contributed by atoms with Crippen LogP contribution in [0.3, 0.4) is 0 Å². The van der Waals surface area contributed by atoms with Crippen LogP contribution in [0, 0.1) is 6.92 Å². The maximum absolute atomic E-state index is 9.66. The fraction of sp³-hybridized carbons (Fsp3) is 0.143. The molecule has 0 bridgehead atoms. The molecule has 0 saturated heterocycles. The maximum atomic E-state index is 9.66. The summed E-state index contributed by atoms with van der Waals surface area (Å²) in [7, 11) is 0. The Labute approximate surface area is 134 Å². The normalized spacial score (nSPS) is 10.5. The van der Waals surface area contributed by atoms with E-state index in [1.807, 2.05) is 37.3 Å². The summed E-state index contributed by atoms with van der Waals surface area (Å²) in [6.45, 7) is 2.65. The number of nitrogens with one attached hydrogen (secondary N) is 1. The topological polar surface area (TPSA) is 32.3 Å². The van der Waals surface area contributed by atoms with E-state index >= 15 is 0 Å². The summed E-state index contributed by atoms with van der Waals surface area (Å²) in [5.74, 6) is 0.206. The first-order valence-electron chi connectivity index (χ1n) is 5.64. The second kappa shape index (κ2) is 6.16. The molecular formula is C14H12Br2ClNO. The van der Waals surface area contributed by atoms with Crippen LogP contribution in [0.25, 0.3) is 0 Å². The van der Waals surface area contributed by atoms with Gasteiger partial charge in [-0.25, -0.2) is 0 Å². The lowest BCUT2D eigenvalue weighted by Gasteiger charge is -2.11. The van der Waals surface area contributed by atoms with Gasteiger partial charge in [-0.15, -0.1) is 0 Å². The Morgan fingerprint density at radius 2 is 1.79 bits per heavy atom. The maximum Gasteiger partial charge on any atom is 0.143 e. The van der Waals surface area contributed by atoms with Gasteiger partial charge in [0.25, 0.3) is 0 Å². The average Bonchev–Trinajstić information content (AvgIpc) is 2.37. The molecular weight excluding hydrogens is 393 g/mol. The Balaban J connectivity index is 2.17. The first kappa shape index (κ1) is 14.7. The lowest BCUT2D eigenvalue weighted by Crippen LogP contribution is -2.00. The van der Waals surface area contributed by atoms with E-state index in [9.17, 15) is 5.11 Å². The van der Waals surface area contributed by atoms with Crippen LogP contribution < -0.4 is 5.32 Å². The van der Waals surface area contributed by atoms with Gasteiger partial charge in [0.1, 0.15) is 5.75 Å². The third kappa shape index (κ3) is 3.65. The molecule has 0 radical (unpaired) electrons. The van der Waals surface area contributed by atoms with Gasteiger partial charge >= 0.3 is 0 Å². The highest BCUT2D eigenvalue weighted by molar-refractivity contribution is 9.11. The van der Waals surface area contributed by atoms with Gasteiger partial charge < -0.3 is 10.4 Å². The minimum Gasteiger partial charge on any atom is -0.506 e.